The van der Waals surface area contributed by atoms with Gasteiger partial charge in [0.25, 0.3) is 0 Å². The van der Waals surface area contributed by atoms with Gasteiger partial charge in [-0.15, -0.1) is 0 Å². The molecule has 2 rings (SSSR count). The molecule has 0 amide bonds. The Morgan fingerprint density at radius 2 is 1.85 bits per heavy atom. The highest BCUT2D eigenvalue weighted by molar-refractivity contribution is 5.72. The number of hydrogen-bond acceptors (Lipinski definition) is 3. The van der Waals surface area contributed by atoms with Gasteiger partial charge in [0.2, 0.25) is 0 Å². The van der Waals surface area contributed by atoms with Crippen molar-refractivity contribution in [1.29, 1.82) is 0 Å². The molecule has 0 spiro atoms. The molecule has 1 aromatic carbocycles. The standard InChI is InChI=1S/C17H24O3/c1-19-17(18)15-9-11-16(12-10-15)20-13-5-8-14-6-3-2-4-7-14/h2-4,6-7,15-16H,5,8-13H2,1H3. The third-order valence-electron chi connectivity index (χ3n) is 4.01. The van der Waals surface area contributed by atoms with Crippen molar-refractivity contribution < 1.29 is 14.3 Å². The number of aryl methyl sites for hydroxylation is 1. The Bertz CT molecular complexity index is 394. The predicted molar refractivity (Wildman–Crippen MR) is 78.5 cm³/mol. The van der Waals surface area contributed by atoms with Gasteiger partial charge in [-0.25, -0.2) is 0 Å². The number of carbonyl (C=O) groups is 1. The maximum absolute atomic E-state index is 11.4. The van der Waals surface area contributed by atoms with E-state index in [1.54, 1.807) is 0 Å². The molecule has 3 nitrogen and oxygen atoms in total. The topological polar surface area (TPSA) is 35.5 Å². The Balaban J connectivity index is 1.58. The van der Waals surface area contributed by atoms with E-state index in [2.05, 4.69) is 24.3 Å². The summed E-state index contributed by atoms with van der Waals surface area (Å²) < 4.78 is 10.7. The van der Waals surface area contributed by atoms with Crippen molar-refractivity contribution in [3.05, 3.63) is 35.9 Å². The lowest BCUT2D eigenvalue weighted by Gasteiger charge is -2.27. The molecule has 0 saturated heterocycles. The molecular weight excluding hydrogens is 252 g/mol. The molecule has 0 radical (unpaired) electrons. The second-order valence-corrected chi connectivity index (χ2v) is 5.46. The fraction of sp³-hybridized carbons (Fsp3) is 0.588. The first-order valence-electron chi connectivity index (χ1n) is 7.53. The van der Waals surface area contributed by atoms with Gasteiger partial charge in [0.1, 0.15) is 0 Å². The van der Waals surface area contributed by atoms with E-state index < -0.39 is 0 Å². The Morgan fingerprint density at radius 1 is 1.15 bits per heavy atom. The highest BCUT2D eigenvalue weighted by Crippen LogP contribution is 2.27. The van der Waals surface area contributed by atoms with E-state index >= 15 is 0 Å². The minimum atomic E-state index is -0.0625. The summed E-state index contributed by atoms with van der Waals surface area (Å²) in [5.74, 6) is 0.0247. The Labute approximate surface area is 121 Å². The van der Waals surface area contributed by atoms with Gasteiger partial charge in [-0.2, -0.15) is 0 Å². The Morgan fingerprint density at radius 3 is 2.50 bits per heavy atom. The Kier molecular flexibility index (Phi) is 6.06. The van der Waals surface area contributed by atoms with Crippen LogP contribution in [0, 0.1) is 5.92 Å². The summed E-state index contributed by atoms with van der Waals surface area (Å²) in [5.41, 5.74) is 1.37. The molecule has 0 aliphatic heterocycles. The molecule has 0 N–H and O–H groups in total. The average Bonchev–Trinajstić information content (AvgIpc) is 2.52. The van der Waals surface area contributed by atoms with Crippen LogP contribution in [0.1, 0.15) is 37.7 Å². The number of hydrogen-bond donors (Lipinski definition) is 0. The second-order valence-electron chi connectivity index (χ2n) is 5.46. The molecule has 1 fully saturated rings. The molecule has 1 aromatic rings. The maximum atomic E-state index is 11.4. The van der Waals surface area contributed by atoms with Crippen molar-refractivity contribution in [3.8, 4) is 0 Å². The van der Waals surface area contributed by atoms with Crippen molar-refractivity contribution in [2.45, 2.75) is 44.6 Å². The molecule has 0 unspecified atom stereocenters. The SMILES string of the molecule is COC(=O)C1CCC(OCCCc2ccccc2)CC1. The van der Waals surface area contributed by atoms with Crippen LogP contribution in [0.15, 0.2) is 30.3 Å². The summed E-state index contributed by atoms with van der Waals surface area (Å²) in [6.07, 6.45) is 6.20. The lowest BCUT2D eigenvalue weighted by atomic mass is 9.87. The summed E-state index contributed by atoms with van der Waals surface area (Å²) in [6.45, 7) is 0.808. The fourth-order valence-electron chi connectivity index (χ4n) is 2.80. The molecule has 20 heavy (non-hydrogen) atoms. The minimum absolute atomic E-state index is 0.0625. The van der Waals surface area contributed by atoms with Gasteiger partial charge in [0.15, 0.2) is 0 Å². The zero-order chi connectivity index (χ0) is 14.2. The fourth-order valence-corrected chi connectivity index (χ4v) is 2.80. The minimum Gasteiger partial charge on any atom is -0.469 e. The molecule has 3 heteroatoms. The number of rotatable bonds is 6. The normalized spacial score (nSPS) is 22.4. The summed E-state index contributed by atoms with van der Waals surface area (Å²) in [6, 6.07) is 10.5. The smallest absolute Gasteiger partial charge is 0.308 e. The van der Waals surface area contributed by atoms with Gasteiger partial charge in [-0.05, 0) is 44.1 Å². The van der Waals surface area contributed by atoms with Gasteiger partial charge < -0.3 is 9.47 Å². The largest absolute Gasteiger partial charge is 0.469 e. The van der Waals surface area contributed by atoms with Crippen molar-refractivity contribution in [2.24, 2.45) is 5.92 Å². The molecular formula is C17H24O3. The second kappa shape index (κ2) is 8.05. The number of esters is 1. The summed E-state index contributed by atoms with van der Waals surface area (Å²) in [7, 11) is 1.47. The van der Waals surface area contributed by atoms with E-state index in [-0.39, 0.29) is 11.9 Å². The van der Waals surface area contributed by atoms with Crippen molar-refractivity contribution >= 4 is 5.97 Å². The van der Waals surface area contributed by atoms with E-state index in [0.29, 0.717) is 6.10 Å². The van der Waals surface area contributed by atoms with Crippen LogP contribution in [0.4, 0.5) is 0 Å². The van der Waals surface area contributed by atoms with Crippen molar-refractivity contribution in [3.63, 3.8) is 0 Å². The van der Waals surface area contributed by atoms with E-state index in [4.69, 9.17) is 9.47 Å². The molecule has 110 valence electrons. The van der Waals surface area contributed by atoms with Crippen LogP contribution in [0.3, 0.4) is 0 Å². The number of ether oxygens (including phenoxy) is 2. The summed E-state index contributed by atoms with van der Waals surface area (Å²) in [4.78, 5) is 11.4. The van der Waals surface area contributed by atoms with E-state index in [9.17, 15) is 4.79 Å². The quantitative estimate of drug-likeness (QED) is 0.590. The van der Waals surface area contributed by atoms with Crippen LogP contribution in [0.2, 0.25) is 0 Å². The molecule has 1 saturated carbocycles. The number of methoxy groups -OCH3 is 1. The molecule has 0 atom stereocenters. The molecule has 1 aliphatic carbocycles. The Hall–Kier alpha value is -1.35. The van der Waals surface area contributed by atoms with Crippen molar-refractivity contribution in [2.75, 3.05) is 13.7 Å². The molecule has 0 heterocycles. The van der Waals surface area contributed by atoms with Gasteiger partial charge in [-0.3, -0.25) is 4.79 Å². The molecule has 0 aromatic heterocycles. The maximum Gasteiger partial charge on any atom is 0.308 e. The van der Waals surface area contributed by atoms with Gasteiger partial charge in [-0.1, -0.05) is 30.3 Å². The lowest BCUT2D eigenvalue weighted by molar-refractivity contribution is -0.147. The van der Waals surface area contributed by atoms with Gasteiger partial charge >= 0.3 is 5.97 Å². The van der Waals surface area contributed by atoms with Crippen LogP contribution in [-0.2, 0) is 20.7 Å². The monoisotopic (exact) mass is 276 g/mol. The average molecular weight is 276 g/mol. The third kappa shape index (κ3) is 4.64. The first kappa shape index (κ1) is 15.0. The van der Waals surface area contributed by atoms with E-state index in [1.807, 2.05) is 6.07 Å². The zero-order valence-electron chi connectivity index (χ0n) is 12.2. The first-order valence-corrected chi connectivity index (χ1v) is 7.53. The van der Waals surface area contributed by atoms with Crippen LogP contribution < -0.4 is 0 Å². The van der Waals surface area contributed by atoms with E-state index in [1.165, 1.54) is 12.7 Å². The zero-order valence-corrected chi connectivity index (χ0v) is 12.2. The third-order valence-corrected chi connectivity index (χ3v) is 4.01. The number of carbonyl (C=O) groups excluding carboxylic acids is 1. The molecule has 1 aliphatic rings. The van der Waals surface area contributed by atoms with E-state index in [0.717, 1.165) is 45.1 Å². The van der Waals surface area contributed by atoms with Gasteiger partial charge in [0.05, 0.1) is 19.1 Å². The highest BCUT2D eigenvalue weighted by atomic mass is 16.5. The number of benzene rings is 1. The van der Waals surface area contributed by atoms with Crippen LogP contribution >= 0.6 is 0 Å². The van der Waals surface area contributed by atoms with Crippen LogP contribution in [0.5, 0.6) is 0 Å². The van der Waals surface area contributed by atoms with Crippen LogP contribution in [-0.4, -0.2) is 25.8 Å². The predicted octanol–water partition coefficient (Wildman–Crippen LogP) is 3.37. The summed E-state index contributed by atoms with van der Waals surface area (Å²) >= 11 is 0. The summed E-state index contributed by atoms with van der Waals surface area (Å²) in [5, 5.41) is 0. The lowest BCUT2D eigenvalue weighted by Crippen LogP contribution is -2.27. The molecule has 0 bridgehead atoms. The highest BCUT2D eigenvalue weighted by Gasteiger charge is 2.26. The van der Waals surface area contributed by atoms with Gasteiger partial charge in [0, 0.05) is 6.61 Å². The van der Waals surface area contributed by atoms with Crippen LogP contribution in [0.25, 0.3) is 0 Å². The van der Waals surface area contributed by atoms with Crippen molar-refractivity contribution in [1.82, 2.24) is 0 Å². The first-order chi connectivity index (χ1) is 9.79.